The third-order valence-electron chi connectivity index (χ3n) is 4.59. The van der Waals surface area contributed by atoms with Gasteiger partial charge in [-0.15, -0.1) is 22.7 Å². The lowest BCUT2D eigenvalue weighted by molar-refractivity contribution is 0.00226. The van der Waals surface area contributed by atoms with E-state index in [1.807, 2.05) is 12.1 Å². The Labute approximate surface area is 176 Å². The minimum atomic E-state index is -0.224. The number of halogens is 1. The third-order valence-corrected chi connectivity index (χ3v) is 6.93. The van der Waals surface area contributed by atoms with Crippen molar-refractivity contribution in [3.8, 4) is 11.8 Å². The Hall–Kier alpha value is -1.66. The number of hydrogen-bond donors (Lipinski definition) is 3. The molecule has 0 radical (unpaired) electrons. The molecule has 1 aliphatic rings. The summed E-state index contributed by atoms with van der Waals surface area (Å²) in [6.07, 6.45) is 1.64. The highest BCUT2D eigenvalue weighted by Crippen LogP contribution is 2.42. The van der Waals surface area contributed by atoms with Crippen molar-refractivity contribution < 1.29 is 9.84 Å². The van der Waals surface area contributed by atoms with Gasteiger partial charge in [-0.3, -0.25) is 0 Å². The molecule has 0 bridgehead atoms. The molecule has 0 spiro atoms. The Balaban J connectivity index is 1.80. The summed E-state index contributed by atoms with van der Waals surface area (Å²) in [5, 5.41) is 15.1. The van der Waals surface area contributed by atoms with Gasteiger partial charge in [0.1, 0.15) is 23.4 Å². The van der Waals surface area contributed by atoms with Crippen molar-refractivity contribution >= 4 is 50.2 Å². The van der Waals surface area contributed by atoms with Crippen molar-refractivity contribution in [3.63, 3.8) is 0 Å². The minimum absolute atomic E-state index is 0.0884. The molecule has 4 rings (SSSR count). The first-order valence-electron chi connectivity index (χ1n) is 9.03. The number of nitrogens with two attached hydrogens (primary N) is 1. The molecule has 0 aromatic carbocycles. The molecule has 0 amide bonds. The first kappa shape index (κ1) is 19.6. The molecule has 146 valence electrons. The van der Waals surface area contributed by atoms with E-state index >= 15 is 0 Å². The van der Waals surface area contributed by atoms with Crippen LogP contribution in [-0.4, -0.2) is 29.3 Å². The van der Waals surface area contributed by atoms with E-state index in [0.717, 1.165) is 39.2 Å². The maximum absolute atomic E-state index is 9.21. The van der Waals surface area contributed by atoms with Crippen LogP contribution in [0.15, 0.2) is 23.6 Å². The van der Waals surface area contributed by atoms with Gasteiger partial charge in [-0.1, -0.05) is 29.5 Å². The zero-order chi connectivity index (χ0) is 19.5. The molecular weight excluding hydrogens is 414 g/mol. The number of aromatic nitrogens is 1. The Morgan fingerprint density at radius 1 is 1.46 bits per heavy atom. The van der Waals surface area contributed by atoms with E-state index in [9.17, 15) is 5.11 Å². The van der Waals surface area contributed by atoms with Crippen LogP contribution in [0.1, 0.15) is 34.3 Å². The highest BCUT2D eigenvalue weighted by Gasteiger charge is 2.30. The molecule has 1 aliphatic heterocycles. The van der Waals surface area contributed by atoms with E-state index in [-0.39, 0.29) is 18.8 Å². The Kier molecular flexibility index (Phi) is 6.16. The molecule has 1 saturated heterocycles. The minimum Gasteiger partial charge on any atom is -0.384 e. The number of pyridine rings is 1. The van der Waals surface area contributed by atoms with E-state index in [4.69, 9.17) is 22.1 Å². The normalized spacial score (nSPS) is 19.4. The number of aliphatic hydroxyl groups is 1. The van der Waals surface area contributed by atoms with Gasteiger partial charge in [0.05, 0.1) is 20.8 Å². The van der Waals surface area contributed by atoms with Gasteiger partial charge < -0.3 is 20.9 Å². The van der Waals surface area contributed by atoms with E-state index in [1.54, 1.807) is 22.7 Å². The summed E-state index contributed by atoms with van der Waals surface area (Å²) in [6, 6.07) is 5.87. The second kappa shape index (κ2) is 8.78. The predicted molar refractivity (Wildman–Crippen MR) is 116 cm³/mol. The Morgan fingerprint density at radius 2 is 2.36 bits per heavy atom. The lowest BCUT2D eigenvalue weighted by Gasteiger charge is -2.28. The molecule has 4 N–H and O–H groups in total. The van der Waals surface area contributed by atoms with Crippen LogP contribution in [0, 0.1) is 11.8 Å². The summed E-state index contributed by atoms with van der Waals surface area (Å²) < 4.78 is 6.96. The molecule has 4 heterocycles. The van der Waals surface area contributed by atoms with Gasteiger partial charge in [-0.25, -0.2) is 4.98 Å². The van der Waals surface area contributed by atoms with E-state index in [2.05, 4.69) is 33.6 Å². The summed E-state index contributed by atoms with van der Waals surface area (Å²) in [5.74, 6) is 5.80. The number of hydrogen-bond acceptors (Lipinski definition) is 7. The zero-order valence-electron chi connectivity index (χ0n) is 15.1. The number of nitrogens with one attached hydrogen (secondary N) is 1. The summed E-state index contributed by atoms with van der Waals surface area (Å²) in [5.41, 5.74) is 8.73. The van der Waals surface area contributed by atoms with Crippen molar-refractivity contribution in [1.82, 2.24) is 4.98 Å². The Morgan fingerprint density at radius 3 is 3.11 bits per heavy atom. The largest absolute Gasteiger partial charge is 0.384 e. The number of ether oxygens (including phenoxy) is 1. The van der Waals surface area contributed by atoms with Gasteiger partial charge in [-0.05, 0) is 24.3 Å². The highest BCUT2D eigenvalue weighted by molar-refractivity contribution is 7.20. The van der Waals surface area contributed by atoms with E-state index in [0.29, 0.717) is 18.3 Å². The van der Waals surface area contributed by atoms with Crippen LogP contribution < -0.4 is 11.1 Å². The van der Waals surface area contributed by atoms with Crippen LogP contribution in [0.4, 0.5) is 5.69 Å². The smallest absolute Gasteiger partial charge is 0.131 e. The van der Waals surface area contributed by atoms with Gasteiger partial charge in [0.15, 0.2) is 0 Å². The van der Waals surface area contributed by atoms with Crippen LogP contribution in [0.5, 0.6) is 0 Å². The highest BCUT2D eigenvalue weighted by atomic mass is 35.5. The lowest BCUT2D eigenvalue weighted by Crippen LogP contribution is -2.34. The van der Waals surface area contributed by atoms with E-state index in [1.165, 1.54) is 4.88 Å². The second-order valence-electron chi connectivity index (χ2n) is 6.50. The van der Waals surface area contributed by atoms with Gasteiger partial charge in [-0.2, -0.15) is 0 Å². The topological polar surface area (TPSA) is 80.4 Å². The average molecular weight is 434 g/mol. The predicted octanol–water partition coefficient (Wildman–Crippen LogP) is 4.15. The fourth-order valence-corrected chi connectivity index (χ4v) is 5.46. The van der Waals surface area contributed by atoms with Crippen LogP contribution in [0.2, 0.25) is 5.15 Å². The zero-order valence-corrected chi connectivity index (χ0v) is 17.5. The maximum Gasteiger partial charge on any atom is 0.131 e. The summed E-state index contributed by atoms with van der Waals surface area (Å²) >= 11 is 9.60. The third kappa shape index (κ3) is 4.03. The molecule has 2 atom stereocenters. The van der Waals surface area contributed by atoms with Gasteiger partial charge in [0.2, 0.25) is 0 Å². The van der Waals surface area contributed by atoms with Crippen LogP contribution in [0.25, 0.3) is 10.2 Å². The molecular formula is C20H20ClN3O2S2. The van der Waals surface area contributed by atoms with Crippen LogP contribution in [0.3, 0.4) is 0 Å². The fraction of sp³-hybridized carbons (Fsp3) is 0.350. The molecule has 0 unspecified atom stereocenters. The van der Waals surface area contributed by atoms with Crippen LogP contribution in [-0.2, 0) is 11.3 Å². The maximum atomic E-state index is 9.21. The van der Waals surface area contributed by atoms with Gasteiger partial charge in [0, 0.05) is 30.1 Å². The molecule has 3 aromatic rings. The van der Waals surface area contributed by atoms with Crippen molar-refractivity contribution in [3.05, 3.63) is 44.1 Å². The van der Waals surface area contributed by atoms with Gasteiger partial charge in [0.25, 0.3) is 0 Å². The van der Waals surface area contributed by atoms with Crippen molar-refractivity contribution in [2.24, 2.45) is 5.73 Å². The first-order chi connectivity index (χ1) is 13.7. The molecule has 28 heavy (non-hydrogen) atoms. The SMILES string of the molecule is N[C@H]1CCCO[C@@H]1c1sc2c(NCc3cccs3)cc(Cl)nc2c1C#CCO. The molecule has 5 nitrogen and oxygen atoms in total. The molecule has 3 aromatic heterocycles. The molecule has 1 fully saturated rings. The number of rotatable bonds is 4. The van der Waals surface area contributed by atoms with Crippen molar-refractivity contribution in [2.75, 3.05) is 18.5 Å². The number of fused-ring (bicyclic) bond motifs is 1. The standard InChI is InChI=1S/C20H20ClN3O2S2/c21-16-10-15(23-11-12-4-3-9-27-12)20-17(24-16)13(5-1-7-25)19(28-20)18-14(22)6-2-8-26-18/h3-4,9-10,14,18,25H,2,6-8,11,22H2,(H,23,24)/t14-,18-/m0/s1. The average Bonchev–Trinajstić information content (AvgIpc) is 3.33. The quantitative estimate of drug-likeness (QED) is 0.425. The number of thiophene rings is 2. The number of nitrogens with zero attached hydrogens (tertiary/aromatic N) is 1. The summed E-state index contributed by atoms with van der Waals surface area (Å²) in [4.78, 5) is 6.72. The summed E-state index contributed by atoms with van der Waals surface area (Å²) in [7, 11) is 0. The fourth-order valence-electron chi connectivity index (χ4n) is 3.30. The number of anilines is 1. The van der Waals surface area contributed by atoms with E-state index < -0.39 is 0 Å². The van der Waals surface area contributed by atoms with Gasteiger partial charge >= 0.3 is 0 Å². The van der Waals surface area contributed by atoms with Crippen LogP contribution >= 0.6 is 34.3 Å². The van der Waals surface area contributed by atoms with Crippen molar-refractivity contribution in [2.45, 2.75) is 31.5 Å². The summed E-state index contributed by atoms with van der Waals surface area (Å²) in [6.45, 7) is 1.16. The second-order valence-corrected chi connectivity index (χ2v) is 8.97. The molecule has 0 aliphatic carbocycles. The van der Waals surface area contributed by atoms with Crippen molar-refractivity contribution in [1.29, 1.82) is 0 Å². The first-order valence-corrected chi connectivity index (χ1v) is 11.1. The Bertz CT molecular complexity index is 1020. The monoisotopic (exact) mass is 433 g/mol. The molecule has 0 saturated carbocycles. The molecule has 8 heteroatoms. The number of aliphatic hydroxyl groups excluding tert-OH is 1. The lowest BCUT2D eigenvalue weighted by atomic mass is 9.99.